The van der Waals surface area contributed by atoms with Gasteiger partial charge in [0, 0.05) is 62.8 Å². The molecule has 0 saturated carbocycles. The van der Waals surface area contributed by atoms with Gasteiger partial charge in [0.25, 0.3) is 21.8 Å². The number of esters is 1. The molecule has 2 N–H and O–H groups in total. The highest BCUT2D eigenvalue weighted by atomic mass is 32.2. The van der Waals surface area contributed by atoms with E-state index in [0.717, 1.165) is 57.3 Å². The van der Waals surface area contributed by atoms with Crippen LogP contribution < -0.4 is 14.8 Å². The van der Waals surface area contributed by atoms with Crippen molar-refractivity contribution < 1.29 is 37.0 Å². The van der Waals surface area contributed by atoms with Gasteiger partial charge >= 0.3 is 5.97 Å². The second kappa shape index (κ2) is 16.9. The molecule has 0 bridgehead atoms. The van der Waals surface area contributed by atoms with Crippen LogP contribution >= 0.6 is 11.3 Å². The zero-order valence-corrected chi connectivity index (χ0v) is 31.6. The van der Waals surface area contributed by atoms with E-state index >= 15 is 0 Å². The monoisotopic (exact) mass is 761 g/mol. The van der Waals surface area contributed by atoms with Crippen molar-refractivity contribution >= 4 is 50.5 Å². The maximum atomic E-state index is 14.1. The van der Waals surface area contributed by atoms with Gasteiger partial charge in [0.05, 0.1) is 35.6 Å². The van der Waals surface area contributed by atoms with Crippen LogP contribution in [-0.4, -0.2) is 121 Å². The fourth-order valence-electron chi connectivity index (χ4n) is 6.12. The van der Waals surface area contributed by atoms with E-state index in [9.17, 15) is 22.8 Å². The summed E-state index contributed by atoms with van der Waals surface area (Å²) >= 11 is 1.05. The zero-order chi connectivity index (χ0) is 37.5. The zero-order valence-electron chi connectivity index (χ0n) is 29.9. The van der Waals surface area contributed by atoms with E-state index < -0.39 is 21.9 Å². The van der Waals surface area contributed by atoms with Gasteiger partial charge in [0.2, 0.25) is 0 Å². The first kappa shape index (κ1) is 37.9. The van der Waals surface area contributed by atoms with Crippen LogP contribution in [0.15, 0.2) is 77.7 Å². The highest BCUT2D eigenvalue weighted by molar-refractivity contribution is 7.93. The summed E-state index contributed by atoms with van der Waals surface area (Å²) in [4.78, 5) is 45.7. The maximum Gasteiger partial charge on any atom is 0.337 e. The van der Waals surface area contributed by atoms with Crippen molar-refractivity contribution in [3.63, 3.8) is 0 Å². The third-order valence-corrected chi connectivity index (χ3v) is 12.2. The Balaban J connectivity index is 1.24. The predicted molar refractivity (Wildman–Crippen MR) is 204 cm³/mol. The van der Waals surface area contributed by atoms with Gasteiger partial charge in [-0.25, -0.2) is 13.2 Å². The first-order chi connectivity index (χ1) is 25.5. The number of anilines is 2. The second-order valence-electron chi connectivity index (χ2n) is 12.8. The summed E-state index contributed by atoms with van der Waals surface area (Å²) in [5.41, 5.74) is 2.30. The molecule has 2 amide bonds. The molecule has 0 atom stereocenters. The molecule has 2 fully saturated rings. The van der Waals surface area contributed by atoms with Crippen LogP contribution in [0.1, 0.15) is 36.0 Å². The molecule has 3 heterocycles. The van der Waals surface area contributed by atoms with Gasteiger partial charge in [-0.1, -0.05) is 12.1 Å². The first-order valence-corrected chi connectivity index (χ1v) is 19.6. The Labute approximate surface area is 313 Å². The summed E-state index contributed by atoms with van der Waals surface area (Å²) in [5.74, 6) is -0.447. The molecule has 0 aliphatic carbocycles. The van der Waals surface area contributed by atoms with Crippen molar-refractivity contribution in [1.29, 1.82) is 0 Å². The Bertz CT molecular complexity index is 2020. The van der Waals surface area contributed by atoms with Gasteiger partial charge in [-0.3, -0.25) is 19.2 Å². The van der Waals surface area contributed by atoms with Gasteiger partial charge < -0.3 is 29.3 Å². The number of carbonyl (C=O) groups excluding carboxylic acids is 3. The number of benzene rings is 3. The number of thiophene rings is 1. The Morgan fingerprint density at radius 3 is 2.09 bits per heavy atom. The maximum absolute atomic E-state index is 14.1. The Morgan fingerprint density at radius 2 is 1.45 bits per heavy atom. The van der Waals surface area contributed by atoms with Crippen molar-refractivity contribution in [2.75, 3.05) is 89.8 Å². The van der Waals surface area contributed by atoms with E-state index in [1.54, 1.807) is 55.5 Å². The summed E-state index contributed by atoms with van der Waals surface area (Å²) in [6.45, 7) is 8.93. The van der Waals surface area contributed by atoms with E-state index in [0.29, 0.717) is 47.1 Å². The number of sulfonamides is 1. The fourth-order valence-corrected chi connectivity index (χ4v) is 9.16. The highest BCUT2D eigenvalue weighted by Gasteiger charge is 2.30. The first-order valence-electron chi connectivity index (χ1n) is 17.3. The lowest BCUT2D eigenvalue weighted by molar-refractivity contribution is 0.0322. The fraction of sp³-hybridized carbons (Fsp3) is 0.342. The summed E-state index contributed by atoms with van der Waals surface area (Å²) in [6.07, 6.45) is 0. The predicted octanol–water partition coefficient (Wildman–Crippen LogP) is 4.66. The molecular weight excluding hydrogens is 719 g/mol. The van der Waals surface area contributed by atoms with E-state index in [2.05, 4.69) is 19.8 Å². The number of hydrogen-bond donors (Lipinski definition) is 2. The number of hydrogen-bond acceptors (Lipinski definition) is 11. The number of nitrogens with one attached hydrogen (secondary N) is 2. The summed E-state index contributed by atoms with van der Waals surface area (Å²) < 4.78 is 46.8. The quantitative estimate of drug-likeness (QED) is 0.196. The van der Waals surface area contributed by atoms with Crippen LogP contribution in [0.3, 0.4) is 0 Å². The van der Waals surface area contributed by atoms with Crippen LogP contribution in [0.4, 0.5) is 11.4 Å². The van der Waals surface area contributed by atoms with Gasteiger partial charge in [-0.2, -0.15) is 0 Å². The van der Waals surface area contributed by atoms with Crippen molar-refractivity contribution in [1.82, 2.24) is 14.7 Å². The number of carbonyl (C=O) groups is 3. The Kier molecular flexibility index (Phi) is 12.1. The largest absolute Gasteiger partial charge is 0.492 e. The number of morpholine rings is 1. The van der Waals surface area contributed by atoms with E-state index in [4.69, 9.17) is 14.2 Å². The van der Waals surface area contributed by atoms with Crippen molar-refractivity contribution in [3.05, 3.63) is 94.4 Å². The molecule has 53 heavy (non-hydrogen) atoms. The topological polar surface area (TPSA) is 147 Å². The van der Waals surface area contributed by atoms with Crippen LogP contribution in [0.5, 0.6) is 5.75 Å². The molecule has 280 valence electrons. The Hall–Kier alpha value is -4.80. The number of nitrogens with zero attached hydrogens (tertiary/aromatic N) is 3. The van der Waals surface area contributed by atoms with Crippen molar-refractivity contribution in [2.45, 2.75) is 11.8 Å². The average Bonchev–Trinajstić information content (AvgIpc) is 3.54. The van der Waals surface area contributed by atoms with E-state index in [1.165, 1.54) is 31.4 Å². The third kappa shape index (κ3) is 9.23. The van der Waals surface area contributed by atoms with E-state index in [1.807, 2.05) is 11.9 Å². The number of likely N-dealkylation sites (N-methyl/N-ethyl adjacent to an activating group) is 1. The third-order valence-electron chi connectivity index (χ3n) is 9.20. The van der Waals surface area contributed by atoms with Crippen LogP contribution in [0.2, 0.25) is 0 Å². The molecule has 0 radical (unpaired) electrons. The minimum Gasteiger partial charge on any atom is -0.492 e. The number of methoxy groups -OCH3 is 1. The lowest BCUT2D eigenvalue weighted by atomic mass is 10.1. The van der Waals surface area contributed by atoms with Gasteiger partial charge in [0.1, 0.15) is 17.3 Å². The number of ether oxygens (including phenoxy) is 3. The van der Waals surface area contributed by atoms with Crippen LogP contribution in [0, 0.1) is 6.92 Å². The van der Waals surface area contributed by atoms with Gasteiger partial charge in [0.15, 0.2) is 0 Å². The average molecular weight is 762 g/mol. The van der Waals surface area contributed by atoms with Crippen LogP contribution in [0.25, 0.3) is 10.4 Å². The standard InChI is InChI=1S/C38H43N5O8S2/c1-26-33(36(44)39-30-12-14-32(15-13-30)51-25-22-42-20-23-50-24-21-42)52-34(27-4-6-28(7-5-27)37(45)43-18-16-41(2)17-19-43)35(26)53(47,48)40-31-10-8-29(9-11-31)38(46)49-3/h4-15,40H,16-25H2,1-3H3,(H,39,44). The molecule has 4 aromatic rings. The molecule has 2 aliphatic heterocycles. The molecular formula is C38H43N5O8S2. The van der Waals surface area contributed by atoms with Crippen molar-refractivity contribution in [3.8, 4) is 16.2 Å². The van der Waals surface area contributed by atoms with Gasteiger partial charge in [-0.05, 0) is 85.8 Å². The van der Waals surface area contributed by atoms with Crippen molar-refractivity contribution in [2.24, 2.45) is 0 Å². The molecule has 0 unspecified atom stereocenters. The smallest absolute Gasteiger partial charge is 0.337 e. The number of amides is 2. The van der Waals surface area contributed by atoms with Crippen LogP contribution in [-0.2, 0) is 19.5 Å². The molecule has 3 aromatic carbocycles. The summed E-state index contributed by atoms with van der Waals surface area (Å²) in [5, 5.41) is 2.89. The van der Waals surface area contributed by atoms with Gasteiger partial charge in [-0.15, -0.1) is 11.3 Å². The lowest BCUT2D eigenvalue weighted by Crippen LogP contribution is -2.47. The Morgan fingerprint density at radius 1 is 0.830 bits per heavy atom. The molecule has 2 saturated heterocycles. The molecule has 15 heteroatoms. The minimum atomic E-state index is -4.26. The normalized spacial score (nSPS) is 15.5. The molecule has 2 aliphatic rings. The summed E-state index contributed by atoms with van der Waals surface area (Å²) in [7, 11) is -0.976. The SMILES string of the molecule is COC(=O)c1ccc(NS(=O)(=O)c2c(-c3ccc(C(=O)N4CCN(C)CC4)cc3)sc(C(=O)Nc3ccc(OCCN4CCOCC4)cc3)c2C)cc1. The molecule has 0 spiro atoms. The molecule has 1 aromatic heterocycles. The molecule has 6 rings (SSSR count). The highest BCUT2D eigenvalue weighted by Crippen LogP contribution is 2.41. The minimum absolute atomic E-state index is 0.0631. The lowest BCUT2D eigenvalue weighted by Gasteiger charge is -2.32. The number of rotatable bonds is 12. The summed E-state index contributed by atoms with van der Waals surface area (Å²) in [6, 6.07) is 19.7. The second-order valence-corrected chi connectivity index (χ2v) is 15.5. The molecule has 13 nitrogen and oxygen atoms in total. The van der Waals surface area contributed by atoms with E-state index in [-0.39, 0.29) is 32.5 Å². The number of piperazine rings is 1.